The molecule has 2 aromatic heterocycles. The molecular formula is C25H24F2N6O3S. The van der Waals surface area contributed by atoms with E-state index in [0.29, 0.717) is 11.6 Å². The molecule has 0 radical (unpaired) electrons. The molecule has 1 aliphatic rings. The van der Waals surface area contributed by atoms with Crippen molar-refractivity contribution >= 4 is 32.3 Å². The number of nitrogens with one attached hydrogen (secondary N) is 2. The van der Waals surface area contributed by atoms with Crippen LogP contribution in [-0.2, 0) is 10.0 Å². The lowest BCUT2D eigenvalue weighted by molar-refractivity contribution is 0.400. The van der Waals surface area contributed by atoms with Gasteiger partial charge in [-0.15, -0.1) is 0 Å². The Morgan fingerprint density at radius 1 is 1.03 bits per heavy atom. The molecule has 4 aromatic rings. The zero-order valence-corrected chi connectivity index (χ0v) is 20.9. The summed E-state index contributed by atoms with van der Waals surface area (Å²) in [4.78, 5) is 14.7. The van der Waals surface area contributed by atoms with E-state index in [-0.39, 0.29) is 11.6 Å². The quantitative estimate of drug-likeness (QED) is 0.393. The van der Waals surface area contributed by atoms with Gasteiger partial charge in [0.2, 0.25) is 5.88 Å². The van der Waals surface area contributed by atoms with Crippen molar-refractivity contribution in [2.24, 2.45) is 0 Å². The Bertz CT molecular complexity index is 1590. The van der Waals surface area contributed by atoms with E-state index in [1.807, 2.05) is 19.1 Å². The number of hydrogen-bond acceptors (Lipinski definition) is 8. The van der Waals surface area contributed by atoms with Crippen LogP contribution in [0.2, 0.25) is 0 Å². The minimum Gasteiger partial charge on any atom is -0.480 e. The molecule has 12 heteroatoms. The molecule has 1 aliphatic heterocycles. The molecular weight excluding hydrogens is 502 g/mol. The number of sulfonamides is 1. The highest BCUT2D eigenvalue weighted by molar-refractivity contribution is 7.92. The van der Waals surface area contributed by atoms with Gasteiger partial charge < -0.3 is 15.0 Å². The van der Waals surface area contributed by atoms with E-state index in [1.54, 1.807) is 18.6 Å². The number of pyridine rings is 1. The Hall–Kier alpha value is -3.90. The van der Waals surface area contributed by atoms with Gasteiger partial charge in [0, 0.05) is 55.1 Å². The highest BCUT2D eigenvalue weighted by atomic mass is 32.2. The number of rotatable bonds is 6. The molecule has 0 unspecified atom stereocenters. The standard InChI is InChI=1S/C25H24F2N6O3S/c1-15-19-9-16(11-22(24(19)31-14-30-15)33-7-5-28-6-8-33)17-10-21(25(36-2)29-13-17)32-37(34,35)23-4-3-18(26)12-20(23)27/h3-4,9-14,28,32H,5-8H2,1-2H3. The van der Waals surface area contributed by atoms with E-state index in [4.69, 9.17) is 4.74 Å². The summed E-state index contributed by atoms with van der Waals surface area (Å²) in [6.45, 7) is 5.18. The summed E-state index contributed by atoms with van der Waals surface area (Å²) in [5, 5.41) is 4.20. The van der Waals surface area contributed by atoms with Crippen LogP contribution in [0.4, 0.5) is 20.2 Å². The Morgan fingerprint density at radius 3 is 2.54 bits per heavy atom. The Balaban J connectivity index is 1.61. The number of ether oxygens (including phenoxy) is 1. The number of aromatic nitrogens is 3. The highest BCUT2D eigenvalue weighted by Gasteiger charge is 2.23. The topological polar surface area (TPSA) is 109 Å². The normalized spacial score (nSPS) is 14.1. The van der Waals surface area contributed by atoms with Gasteiger partial charge in [0.25, 0.3) is 10.0 Å². The second-order valence-corrected chi connectivity index (χ2v) is 10.2. The molecule has 2 N–H and O–H groups in total. The lowest BCUT2D eigenvalue weighted by Crippen LogP contribution is -2.43. The van der Waals surface area contributed by atoms with Crippen LogP contribution in [0.25, 0.3) is 22.0 Å². The van der Waals surface area contributed by atoms with Crippen molar-refractivity contribution < 1.29 is 21.9 Å². The third kappa shape index (κ3) is 4.89. The zero-order chi connectivity index (χ0) is 26.2. The first-order chi connectivity index (χ1) is 17.8. The first-order valence-electron chi connectivity index (χ1n) is 11.5. The molecule has 2 aromatic carbocycles. The van der Waals surface area contributed by atoms with Gasteiger partial charge in [0.05, 0.1) is 18.3 Å². The SMILES string of the molecule is COc1ncc(-c2cc(N3CCNCC3)c3ncnc(C)c3c2)cc1NS(=O)(=O)c1ccc(F)cc1F. The Labute approximate surface area is 212 Å². The highest BCUT2D eigenvalue weighted by Crippen LogP contribution is 2.36. The zero-order valence-electron chi connectivity index (χ0n) is 20.1. The van der Waals surface area contributed by atoms with E-state index in [2.05, 4.69) is 29.9 Å². The van der Waals surface area contributed by atoms with Crippen molar-refractivity contribution in [3.8, 4) is 17.0 Å². The Kier molecular flexibility index (Phi) is 6.61. The van der Waals surface area contributed by atoms with Crippen LogP contribution in [-0.4, -0.2) is 56.7 Å². The van der Waals surface area contributed by atoms with Crippen molar-refractivity contribution in [2.45, 2.75) is 11.8 Å². The van der Waals surface area contributed by atoms with Crippen LogP contribution in [0, 0.1) is 18.6 Å². The van der Waals surface area contributed by atoms with Gasteiger partial charge in [-0.3, -0.25) is 4.72 Å². The fourth-order valence-corrected chi connectivity index (χ4v) is 5.43. The lowest BCUT2D eigenvalue weighted by atomic mass is 10.0. The lowest BCUT2D eigenvalue weighted by Gasteiger charge is -2.30. The monoisotopic (exact) mass is 526 g/mol. The fourth-order valence-electron chi connectivity index (χ4n) is 4.33. The number of nitrogens with zero attached hydrogens (tertiary/aromatic N) is 4. The molecule has 1 fully saturated rings. The molecule has 1 saturated heterocycles. The average molecular weight is 527 g/mol. The molecule has 5 rings (SSSR count). The molecule has 37 heavy (non-hydrogen) atoms. The molecule has 9 nitrogen and oxygen atoms in total. The summed E-state index contributed by atoms with van der Waals surface area (Å²) >= 11 is 0. The van der Waals surface area contributed by atoms with Crippen molar-refractivity contribution in [2.75, 3.05) is 42.9 Å². The predicted molar refractivity (Wildman–Crippen MR) is 136 cm³/mol. The van der Waals surface area contributed by atoms with E-state index < -0.39 is 26.6 Å². The largest absolute Gasteiger partial charge is 0.480 e. The number of benzene rings is 2. The van der Waals surface area contributed by atoms with Gasteiger partial charge >= 0.3 is 0 Å². The first kappa shape index (κ1) is 24.8. The van der Waals surface area contributed by atoms with Gasteiger partial charge in [0.15, 0.2) is 0 Å². The number of fused-ring (bicyclic) bond motifs is 1. The van der Waals surface area contributed by atoms with E-state index >= 15 is 0 Å². The molecule has 0 aliphatic carbocycles. The molecule has 0 saturated carbocycles. The van der Waals surface area contributed by atoms with E-state index in [9.17, 15) is 17.2 Å². The summed E-state index contributed by atoms with van der Waals surface area (Å²) in [5.41, 5.74) is 3.94. The minimum absolute atomic E-state index is 0.00234. The molecule has 0 spiro atoms. The number of hydrogen-bond donors (Lipinski definition) is 2. The summed E-state index contributed by atoms with van der Waals surface area (Å²) in [6, 6.07) is 7.73. The maximum Gasteiger partial charge on any atom is 0.264 e. The van der Waals surface area contributed by atoms with Crippen LogP contribution in [0.1, 0.15) is 5.69 Å². The van der Waals surface area contributed by atoms with Gasteiger partial charge in [0.1, 0.15) is 28.5 Å². The third-order valence-electron chi connectivity index (χ3n) is 6.18. The smallest absolute Gasteiger partial charge is 0.264 e. The molecule has 192 valence electrons. The summed E-state index contributed by atoms with van der Waals surface area (Å²) < 4.78 is 61.0. The summed E-state index contributed by atoms with van der Waals surface area (Å²) in [7, 11) is -3.06. The van der Waals surface area contributed by atoms with Gasteiger partial charge in [-0.05, 0) is 42.8 Å². The van der Waals surface area contributed by atoms with Crippen molar-refractivity contribution in [3.63, 3.8) is 0 Å². The summed E-state index contributed by atoms with van der Waals surface area (Å²) in [5.74, 6) is -2.09. The first-order valence-corrected chi connectivity index (χ1v) is 13.0. The second kappa shape index (κ2) is 9.87. The number of aryl methyl sites for hydroxylation is 1. The van der Waals surface area contributed by atoms with E-state index in [1.165, 1.54) is 7.11 Å². The summed E-state index contributed by atoms with van der Waals surface area (Å²) in [6.07, 6.45) is 3.11. The number of methoxy groups -OCH3 is 1. The third-order valence-corrected chi connectivity index (χ3v) is 7.58. The van der Waals surface area contributed by atoms with Crippen LogP contribution in [0.3, 0.4) is 0 Å². The average Bonchev–Trinajstić information content (AvgIpc) is 2.88. The maximum absolute atomic E-state index is 14.3. The second-order valence-electron chi connectivity index (χ2n) is 8.55. The fraction of sp³-hybridized carbons (Fsp3) is 0.240. The molecule has 0 amide bonds. The van der Waals surface area contributed by atoms with Crippen LogP contribution >= 0.6 is 0 Å². The van der Waals surface area contributed by atoms with Gasteiger partial charge in [-0.1, -0.05) is 0 Å². The minimum atomic E-state index is -4.41. The molecule has 0 atom stereocenters. The van der Waals surface area contributed by atoms with Crippen LogP contribution < -0.4 is 19.7 Å². The predicted octanol–water partition coefficient (Wildman–Crippen LogP) is 3.50. The van der Waals surface area contributed by atoms with Crippen molar-refractivity contribution in [1.29, 1.82) is 0 Å². The van der Waals surface area contributed by atoms with Gasteiger partial charge in [-0.2, -0.15) is 0 Å². The van der Waals surface area contributed by atoms with Crippen molar-refractivity contribution in [1.82, 2.24) is 20.3 Å². The van der Waals surface area contributed by atoms with Crippen LogP contribution in [0.15, 0.2) is 53.8 Å². The Morgan fingerprint density at radius 2 is 1.81 bits per heavy atom. The molecule has 3 heterocycles. The van der Waals surface area contributed by atoms with Crippen LogP contribution in [0.5, 0.6) is 5.88 Å². The van der Waals surface area contributed by atoms with Gasteiger partial charge in [-0.25, -0.2) is 32.2 Å². The van der Waals surface area contributed by atoms with E-state index in [0.717, 1.165) is 66.2 Å². The number of halogens is 2. The maximum atomic E-state index is 14.3. The number of anilines is 2. The van der Waals surface area contributed by atoms with Crippen molar-refractivity contribution in [3.05, 3.63) is 66.3 Å². The number of piperazine rings is 1. The molecule has 0 bridgehead atoms.